The van der Waals surface area contributed by atoms with Gasteiger partial charge in [-0.15, -0.1) is 0 Å². The van der Waals surface area contributed by atoms with Crippen molar-refractivity contribution in [3.8, 4) is 5.88 Å². The third-order valence-corrected chi connectivity index (χ3v) is 4.10. The molecule has 2 unspecified atom stereocenters. The summed E-state index contributed by atoms with van der Waals surface area (Å²) in [6.45, 7) is 2.45. The first kappa shape index (κ1) is 12.5. The average Bonchev–Trinajstić information content (AvgIpc) is 2.85. The van der Waals surface area contributed by atoms with Crippen LogP contribution in [-0.2, 0) is 0 Å². The van der Waals surface area contributed by atoms with E-state index in [1.165, 1.54) is 32.4 Å². The van der Waals surface area contributed by atoms with Gasteiger partial charge in [-0.3, -0.25) is 0 Å². The van der Waals surface area contributed by atoms with Gasteiger partial charge in [-0.2, -0.15) is 9.97 Å². The normalized spacial score (nSPS) is 27.0. The molecule has 0 aliphatic carbocycles. The van der Waals surface area contributed by atoms with E-state index in [0.29, 0.717) is 11.9 Å². The van der Waals surface area contributed by atoms with E-state index in [1.807, 2.05) is 0 Å². The Hall–Kier alpha value is -1.56. The van der Waals surface area contributed by atoms with E-state index in [4.69, 9.17) is 10.5 Å². The van der Waals surface area contributed by atoms with Gasteiger partial charge in [0.2, 0.25) is 11.8 Å². The number of nitrogens with zero attached hydrogens (tertiary/aromatic N) is 3. The van der Waals surface area contributed by atoms with E-state index in [-0.39, 0.29) is 5.95 Å². The first-order chi connectivity index (χ1) is 9.24. The van der Waals surface area contributed by atoms with Gasteiger partial charge in [-0.05, 0) is 32.2 Å². The zero-order chi connectivity index (χ0) is 13.2. The first-order valence-corrected chi connectivity index (χ1v) is 6.94. The van der Waals surface area contributed by atoms with Crippen molar-refractivity contribution in [2.75, 3.05) is 31.2 Å². The summed E-state index contributed by atoms with van der Waals surface area (Å²) in [5, 5.41) is 3.47. The van der Waals surface area contributed by atoms with Crippen molar-refractivity contribution in [2.24, 2.45) is 0 Å². The third-order valence-electron chi connectivity index (χ3n) is 4.10. The summed E-state index contributed by atoms with van der Waals surface area (Å²) in [6, 6.07) is 3.02. The lowest BCUT2D eigenvalue weighted by atomic mass is 9.97. The highest BCUT2D eigenvalue weighted by Crippen LogP contribution is 2.28. The Bertz CT molecular complexity index is 453. The van der Waals surface area contributed by atoms with Crippen molar-refractivity contribution >= 4 is 11.8 Å². The number of rotatable bonds is 3. The van der Waals surface area contributed by atoms with Crippen molar-refractivity contribution in [2.45, 2.75) is 37.8 Å². The molecule has 2 aliphatic rings. The SMILES string of the molecule is COc1cc(NC2CCN3CCCC3C2)nc(N)n1. The number of hydrogen-bond acceptors (Lipinski definition) is 6. The Morgan fingerprint density at radius 1 is 1.37 bits per heavy atom. The Kier molecular flexibility index (Phi) is 3.42. The lowest BCUT2D eigenvalue weighted by Crippen LogP contribution is -2.42. The minimum absolute atomic E-state index is 0.250. The van der Waals surface area contributed by atoms with Crippen molar-refractivity contribution < 1.29 is 4.74 Å². The largest absolute Gasteiger partial charge is 0.481 e. The van der Waals surface area contributed by atoms with E-state index in [9.17, 15) is 0 Å². The van der Waals surface area contributed by atoms with Crippen LogP contribution >= 0.6 is 0 Å². The fourth-order valence-electron chi connectivity index (χ4n) is 3.19. The quantitative estimate of drug-likeness (QED) is 0.850. The van der Waals surface area contributed by atoms with E-state index in [1.54, 1.807) is 13.2 Å². The molecule has 0 radical (unpaired) electrons. The van der Waals surface area contributed by atoms with Crippen LogP contribution in [-0.4, -0.2) is 47.2 Å². The predicted octanol–water partition coefficient (Wildman–Crippen LogP) is 1.11. The fraction of sp³-hybridized carbons (Fsp3) is 0.692. The molecule has 0 spiro atoms. The zero-order valence-corrected chi connectivity index (χ0v) is 11.3. The van der Waals surface area contributed by atoms with Crippen molar-refractivity contribution in [3.63, 3.8) is 0 Å². The third kappa shape index (κ3) is 2.73. The van der Waals surface area contributed by atoms with Crippen LogP contribution in [0.3, 0.4) is 0 Å². The molecule has 1 aromatic rings. The summed E-state index contributed by atoms with van der Waals surface area (Å²) >= 11 is 0. The van der Waals surface area contributed by atoms with Crippen LogP contribution in [0, 0.1) is 0 Å². The molecule has 0 aromatic carbocycles. The molecule has 3 heterocycles. The number of nitrogens with two attached hydrogens (primary N) is 1. The van der Waals surface area contributed by atoms with E-state index < -0.39 is 0 Å². The van der Waals surface area contributed by atoms with Crippen LogP contribution in [0.2, 0.25) is 0 Å². The van der Waals surface area contributed by atoms with Gasteiger partial charge in [0.25, 0.3) is 0 Å². The van der Waals surface area contributed by atoms with Gasteiger partial charge >= 0.3 is 0 Å². The van der Waals surface area contributed by atoms with Gasteiger partial charge in [-0.25, -0.2) is 0 Å². The smallest absolute Gasteiger partial charge is 0.225 e. The topological polar surface area (TPSA) is 76.3 Å². The number of nitrogens with one attached hydrogen (secondary N) is 1. The Morgan fingerprint density at radius 2 is 2.26 bits per heavy atom. The molecular formula is C13H21N5O. The second kappa shape index (κ2) is 5.21. The summed E-state index contributed by atoms with van der Waals surface area (Å²) in [5.74, 6) is 1.52. The van der Waals surface area contributed by atoms with Gasteiger partial charge in [0, 0.05) is 24.7 Å². The van der Waals surface area contributed by atoms with Gasteiger partial charge in [0.15, 0.2) is 0 Å². The lowest BCUT2D eigenvalue weighted by molar-refractivity contribution is 0.188. The molecule has 19 heavy (non-hydrogen) atoms. The van der Waals surface area contributed by atoms with E-state index in [0.717, 1.165) is 18.3 Å². The molecule has 0 bridgehead atoms. The number of anilines is 2. The van der Waals surface area contributed by atoms with Gasteiger partial charge in [0.05, 0.1) is 7.11 Å². The van der Waals surface area contributed by atoms with Crippen LogP contribution in [0.25, 0.3) is 0 Å². The second-order valence-corrected chi connectivity index (χ2v) is 5.35. The van der Waals surface area contributed by atoms with Gasteiger partial charge < -0.3 is 20.7 Å². The van der Waals surface area contributed by atoms with Crippen LogP contribution in [0.15, 0.2) is 6.07 Å². The summed E-state index contributed by atoms with van der Waals surface area (Å²) in [6.07, 6.45) is 5.01. The summed E-state index contributed by atoms with van der Waals surface area (Å²) < 4.78 is 5.11. The summed E-state index contributed by atoms with van der Waals surface area (Å²) in [4.78, 5) is 10.8. The molecular weight excluding hydrogens is 242 g/mol. The molecule has 3 rings (SSSR count). The maximum Gasteiger partial charge on any atom is 0.225 e. The molecule has 0 saturated carbocycles. The van der Waals surface area contributed by atoms with Crippen LogP contribution in [0.1, 0.15) is 25.7 Å². The monoisotopic (exact) mass is 263 g/mol. The average molecular weight is 263 g/mol. The van der Waals surface area contributed by atoms with Gasteiger partial charge in [0.1, 0.15) is 5.82 Å². The Morgan fingerprint density at radius 3 is 3.11 bits per heavy atom. The molecule has 0 amide bonds. The maximum atomic E-state index is 5.68. The van der Waals surface area contributed by atoms with Crippen molar-refractivity contribution in [1.29, 1.82) is 0 Å². The van der Waals surface area contributed by atoms with E-state index >= 15 is 0 Å². The summed E-state index contributed by atoms with van der Waals surface area (Å²) in [7, 11) is 1.59. The molecule has 6 heteroatoms. The van der Waals surface area contributed by atoms with Crippen LogP contribution in [0.5, 0.6) is 5.88 Å². The van der Waals surface area contributed by atoms with Gasteiger partial charge in [-0.1, -0.05) is 0 Å². The Balaban J connectivity index is 1.66. The van der Waals surface area contributed by atoms with Crippen LogP contribution in [0.4, 0.5) is 11.8 Å². The number of hydrogen-bond donors (Lipinski definition) is 2. The predicted molar refractivity (Wildman–Crippen MR) is 74.2 cm³/mol. The number of nitrogen functional groups attached to an aromatic ring is 1. The van der Waals surface area contributed by atoms with Crippen LogP contribution < -0.4 is 15.8 Å². The van der Waals surface area contributed by atoms with Crippen molar-refractivity contribution in [1.82, 2.24) is 14.9 Å². The standard InChI is InChI=1S/C13H21N5O/c1-19-12-8-11(16-13(14)17-12)15-9-4-6-18-5-2-3-10(18)7-9/h8-10H,2-7H2,1H3,(H3,14,15,16,17). The van der Waals surface area contributed by atoms with E-state index in [2.05, 4.69) is 20.2 Å². The molecule has 104 valence electrons. The molecule has 3 N–H and O–H groups in total. The molecule has 2 atom stereocenters. The van der Waals surface area contributed by atoms with Crippen molar-refractivity contribution in [3.05, 3.63) is 6.07 Å². The lowest BCUT2D eigenvalue weighted by Gasteiger charge is -2.35. The number of piperidine rings is 1. The molecule has 2 fully saturated rings. The minimum Gasteiger partial charge on any atom is -0.481 e. The minimum atomic E-state index is 0.250. The number of ether oxygens (including phenoxy) is 1. The number of methoxy groups -OCH3 is 1. The Labute approximate surface area is 113 Å². The molecule has 2 saturated heterocycles. The molecule has 6 nitrogen and oxygen atoms in total. The zero-order valence-electron chi connectivity index (χ0n) is 11.3. The number of fused-ring (bicyclic) bond motifs is 1. The highest BCUT2D eigenvalue weighted by atomic mass is 16.5. The highest BCUT2D eigenvalue weighted by molar-refractivity contribution is 5.43. The first-order valence-electron chi connectivity index (χ1n) is 6.94. The fourth-order valence-corrected chi connectivity index (χ4v) is 3.19. The molecule has 2 aliphatic heterocycles. The maximum absolute atomic E-state index is 5.68. The number of aromatic nitrogens is 2. The molecule has 1 aromatic heterocycles. The second-order valence-electron chi connectivity index (χ2n) is 5.35. The highest BCUT2D eigenvalue weighted by Gasteiger charge is 2.31. The summed E-state index contributed by atoms with van der Waals surface area (Å²) in [5.41, 5.74) is 5.68.